The summed E-state index contributed by atoms with van der Waals surface area (Å²) in [6.45, 7) is 5.87. The van der Waals surface area contributed by atoms with Crippen LogP contribution in [0.5, 0.6) is 0 Å². The minimum atomic E-state index is 0.788. The molecule has 1 aromatic heterocycles. The van der Waals surface area contributed by atoms with Crippen molar-refractivity contribution in [3.05, 3.63) is 47.4 Å². The molecule has 1 fully saturated rings. The number of piperazine rings is 1. The number of anilines is 2. The summed E-state index contributed by atoms with van der Waals surface area (Å²) in [5, 5.41) is 0.788. The van der Waals surface area contributed by atoms with Crippen LogP contribution in [0.25, 0.3) is 0 Å². The summed E-state index contributed by atoms with van der Waals surface area (Å²) < 4.78 is 0. The lowest BCUT2D eigenvalue weighted by atomic mass is 10.2. The number of aryl methyl sites for hydroxylation is 1. The predicted octanol–water partition coefficient (Wildman–Crippen LogP) is 2.77. The second-order valence-corrected chi connectivity index (χ2v) is 5.41. The molecule has 3 rings (SSSR count). The Kier molecular flexibility index (Phi) is 3.74. The Morgan fingerprint density at radius 1 is 1.00 bits per heavy atom. The quantitative estimate of drug-likeness (QED) is 0.851. The Hall–Kier alpha value is -1.81. The van der Waals surface area contributed by atoms with Gasteiger partial charge in [0.25, 0.3) is 0 Å². The van der Waals surface area contributed by atoms with Gasteiger partial charge in [-0.3, -0.25) is 0 Å². The van der Waals surface area contributed by atoms with Crippen LogP contribution >= 0.6 is 11.6 Å². The van der Waals surface area contributed by atoms with Gasteiger partial charge in [-0.05, 0) is 25.1 Å². The molecule has 20 heavy (non-hydrogen) atoms. The molecular formula is C15H17ClN4. The Balaban J connectivity index is 1.68. The van der Waals surface area contributed by atoms with Crippen LogP contribution in [0.1, 0.15) is 5.69 Å². The topological polar surface area (TPSA) is 32.3 Å². The van der Waals surface area contributed by atoms with Gasteiger partial charge >= 0.3 is 0 Å². The molecular weight excluding hydrogens is 272 g/mol. The van der Waals surface area contributed by atoms with Crippen molar-refractivity contribution in [3.8, 4) is 0 Å². The van der Waals surface area contributed by atoms with Gasteiger partial charge in [0.1, 0.15) is 12.1 Å². The average molecular weight is 289 g/mol. The van der Waals surface area contributed by atoms with Crippen molar-refractivity contribution < 1.29 is 0 Å². The highest BCUT2D eigenvalue weighted by Crippen LogP contribution is 2.22. The third-order valence-corrected chi connectivity index (χ3v) is 3.80. The lowest BCUT2D eigenvalue weighted by molar-refractivity contribution is 0.646. The molecule has 0 spiro atoms. The van der Waals surface area contributed by atoms with Crippen molar-refractivity contribution in [1.82, 2.24) is 9.97 Å². The summed E-state index contributed by atoms with van der Waals surface area (Å²) in [6.07, 6.45) is 1.63. The molecule has 1 saturated heterocycles. The smallest absolute Gasteiger partial charge is 0.132 e. The van der Waals surface area contributed by atoms with Crippen molar-refractivity contribution in [1.29, 1.82) is 0 Å². The van der Waals surface area contributed by atoms with Crippen molar-refractivity contribution in [2.24, 2.45) is 0 Å². The molecule has 0 amide bonds. The third-order valence-electron chi connectivity index (χ3n) is 3.57. The zero-order chi connectivity index (χ0) is 13.9. The van der Waals surface area contributed by atoms with E-state index in [1.807, 2.05) is 31.2 Å². The van der Waals surface area contributed by atoms with E-state index in [1.165, 1.54) is 5.69 Å². The summed E-state index contributed by atoms with van der Waals surface area (Å²) in [5.74, 6) is 1.02. The first-order chi connectivity index (χ1) is 9.72. The van der Waals surface area contributed by atoms with Gasteiger partial charge in [0.2, 0.25) is 0 Å². The van der Waals surface area contributed by atoms with Gasteiger partial charge in [0.05, 0.1) is 0 Å². The SMILES string of the molecule is Cc1cc(N2CCN(c3cccc(Cl)c3)CC2)ncn1. The maximum Gasteiger partial charge on any atom is 0.132 e. The molecule has 0 aliphatic carbocycles. The summed E-state index contributed by atoms with van der Waals surface area (Å²) in [4.78, 5) is 13.2. The van der Waals surface area contributed by atoms with Crippen molar-refractivity contribution >= 4 is 23.1 Å². The molecule has 0 bridgehead atoms. The largest absolute Gasteiger partial charge is 0.368 e. The minimum absolute atomic E-state index is 0.788. The average Bonchev–Trinajstić information content (AvgIpc) is 2.47. The standard InChI is InChI=1S/C15H17ClN4/c1-12-9-15(18-11-17-12)20-7-5-19(6-8-20)14-4-2-3-13(16)10-14/h2-4,9-11H,5-8H2,1H3. The minimum Gasteiger partial charge on any atom is -0.368 e. The molecule has 0 saturated carbocycles. The van der Waals surface area contributed by atoms with Crippen LogP contribution in [0.2, 0.25) is 5.02 Å². The van der Waals surface area contributed by atoms with E-state index < -0.39 is 0 Å². The predicted molar refractivity (Wildman–Crippen MR) is 82.6 cm³/mol. The van der Waals surface area contributed by atoms with Crippen LogP contribution < -0.4 is 9.80 Å². The molecule has 0 radical (unpaired) electrons. The number of aromatic nitrogens is 2. The summed E-state index contributed by atoms with van der Waals surface area (Å²) in [5.41, 5.74) is 2.20. The van der Waals surface area contributed by atoms with Gasteiger partial charge in [-0.25, -0.2) is 9.97 Å². The number of halogens is 1. The van der Waals surface area contributed by atoms with E-state index in [9.17, 15) is 0 Å². The van der Waals surface area contributed by atoms with Crippen molar-refractivity contribution in [3.63, 3.8) is 0 Å². The summed E-state index contributed by atoms with van der Waals surface area (Å²) in [7, 11) is 0. The molecule has 104 valence electrons. The van der Waals surface area contributed by atoms with Gasteiger partial charge in [0.15, 0.2) is 0 Å². The Labute approximate surface area is 124 Å². The number of hydrogen-bond donors (Lipinski definition) is 0. The first-order valence-electron chi connectivity index (χ1n) is 6.76. The number of hydrogen-bond acceptors (Lipinski definition) is 4. The van der Waals surface area contributed by atoms with E-state index in [0.29, 0.717) is 0 Å². The summed E-state index contributed by atoms with van der Waals surface area (Å²) in [6, 6.07) is 10.1. The second-order valence-electron chi connectivity index (χ2n) is 4.97. The van der Waals surface area contributed by atoms with E-state index in [-0.39, 0.29) is 0 Å². The molecule has 2 heterocycles. The third kappa shape index (κ3) is 2.85. The van der Waals surface area contributed by atoms with Gasteiger partial charge in [-0.1, -0.05) is 17.7 Å². The van der Waals surface area contributed by atoms with Gasteiger partial charge in [-0.2, -0.15) is 0 Å². The lowest BCUT2D eigenvalue weighted by Gasteiger charge is -2.36. The highest BCUT2D eigenvalue weighted by Gasteiger charge is 2.18. The zero-order valence-corrected chi connectivity index (χ0v) is 12.2. The summed E-state index contributed by atoms with van der Waals surface area (Å²) >= 11 is 6.05. The van der Waals surface area contributed by atoms with Crippen molar-refractivity contribution in [2.45, 2.75) is 6.92 Å². The van der Waals surface area contributed by atoms with E-state index in [0.717, 1.165) is 42.7 Å². The van der Waals surface area contributed by atoms with Crippen LogP contribution in [-0.4, -0.2) is 36.1 Å². The number of rotatable bonds is 2. The molecule has 0 N–H and O–H groups in total. The van der Waals surface area contributed by atoms with Gasteiger partial charge in [-0.15, -0.1) is 0 Å². The Morgan fingerprint density at radius 3 is 2.45 bits per heavy atom. The highest BCUT2D eigenvalue weighted by molar-refractivity contribution is 6.30. The molecule has 0 unspecified atom stereocenters. The monoisotopic (exact) mass is 288 g/mol. The van der Waals surface area contributed by atoms with E-state index >= 15 is 0 Å². The zero-order valence-electron chi connectivity index (χ0n) is 11.5. The first-order valence-corrected chi connectivity index (χ1v) is 7.14. The normalized spacial score (nSPS) is 15.5. The van der Waals surface area contributed by atoms with Crippen LogP contribution in [-0.2, 0) is 0 Å². The van der Waals surface area contributed by atoms with E-state index in [4.69, 9.17) is 11.6 Å². The maximum atomic E-state index is 6.05. The van der Waals surface area contributed by atoms with Crippen LogP contribution in [0.15, 0.2) is 36.7 Å². The molecule has 4 nitrogen and oxygen atoms in total. The number of benzene rings is 1. The van der Waals surface area contributed by atoms with Crippen LogP contribution in [0.4, 0.5) is 11.5 Å². The number of nitrogens with zero attached hydrogens (tertiary/aromatic N) is 4. The van der Waals surface area contributed by atoms with Crippen LogP contribution in [0.3, 0.4) is 0 Å². The second kappa shape index (κ2) is 5.67. The first kappa shape index (κ1) is 13.2. The van der Waals surface area contributed by atoms with E-state index in [2.05, 4.69) is 25.8 Å². The fraction of sp³-hybridized carbons (Fsp3) is 0.333. The van der Waals surface area contributed by atoms with Crippen molar-refractivity contribution in [2.75, 3.05) is 36.0 Å². The fourth-order valence-corrected chi connectivity index (χ4v) is 2.66. The van der Waals surface area contributed by atoms with Crippen LogP contribution in [0, 0.1) is 6.92 Å². The molecule has 1 aliphatic heterocycles. The van der Waals surface area contributed by atoms with E-state index in [1.54, 1.807) is 6.33 Å². The molecule has 1 aromatic carbocycles. The Bertz CT molecular complexity index is 540. The molecule has 1 aliphatic rings. The molecule has 2 aromatic rings. The molecule has 5 heteroatoms. The highest BCUT2D eigenvalue weighted by atomic mass is 35.5. The fourth-order valence-electron chi connectivity index (χ4n) is 2.48. The van der Waals surface area contributed by atoms with Gasteiger partial charge in [0, 0.05) is 48.6 Å². The van der Waals surface area contributed by atoms with Gasteiger partial charge < -0.3 is 9.80 Å². The molecule has 0 atom stereocenters. The lowest BCUT2D eigenvalue weighted by Crippen LogP contribution is -2.46. The Morgan fingerprint density at radius 2 is 1.75 bits per heavy atom. The maximum absolute atomic E-state index is 6.05.